The number of hydrogen-bond donors (Lipinski definition) is 1. The van der Waals surface area contributed by atoms with Gasteiger partial charge in [0.2, 0.25) is 0 Å². The van der Waals surface area contributed by atoms with Crippen LogP contribution in [-0.4, -0.2) is 65.2 Å². The van der Waals surface area contributed by atoms with Crippen LogP contribution in [0.5, 0.6) is 0 Å². The SMILES string of the molecule is COC(=O)[C@@H](CCCOS(C)(=O)=O)C[C@H](NC(=O)OC(C)(C)C)C(=O)OC. The summed E-state index contributed by atoms with van der Waals surface area (Å²) >= 11 is 0. The predicted molar refractivity (Wildman–Crippen MR) is 95.3 cm³/mol. The van der Waals surface area contributed by atoms with Crippen LogP contribution >= 0.6 is 0 Å². The number of methoxy groups -OCH3 is 2. The zero-order valence-corrected chi connectivity index (χ0v) is 17.4. The van der Waals surface area contributed by atoms with Crippen LogP contribution in [0.25, 0.3) is 0 Å². The zero-order chi connectivity index (χ0) is 21.3. The third-order valence-corrected chi connectivity index (χ3v) is 3.82. The molecule has 0 spiro atoms. The van der Waals surface area contributed by atoms with Gasteiger partial charge in [0.05, 0.1) is 33.0 Å². The second kappa shape index (κ2) is 11.1. The minimum atomic E-state index is -3.59. The van der Waals surface area contributed by atoms with Crippen LogP contribution in [0.4, 0.5) is 4.79 Å². The molecule has 0 saturated heterocycles. The van der Waals surface area contributed by atoms with Crippen LogP contribution < -0.4 is 5.32 Å². The van der Waals surface area contributed by atoms with Crippen LogP contribution in [0, 0.1) is 5.92 Å². The lowest BCUT2D eigenvalue weighted by Gasteiger charge is -2.24. The molecule has 2 atom stereocenters. The number of carbonyl (C=O) groups excluding carboxylic acids is 3. The van der Waals surface area contributed by atoms with Crippen LogP contribution in [0.2, 0.25) is 0 Å². The van der Waals surface area contributed by atoms with Crippen molar-refractivity contribution in [3.05, 3.63) is 0 Å². The monoisotopic (exact) mass is 411 g/mol. The molecule has 0 aromatic carbocycles. The Labute approximate surface area is 160 Å². The van der Waals surface area contributed by atoms with Crippen molar-refractivity contribution in [2.45, 2.75) is 51.7 Å². The van der Waals surface area contributed by atoms with Gasteiger partial charge in [0, 0.05) is 0 Å². The van der Waals surface area contributed by atoms with Gasteiger partial charge in [-0.2, -0.15) is 8.42 Å². The highest BCUT2D eigenvalue weighted by Gasteiger charge is 2.31. The molecule has 0 unspecified atom stereocenters. The highest BCUT2D eigenvalue weighted by atomic mass is 32.2. The summed E-state index contributed by atoms with van der Waals surface area (Å²) in [5.74, 6) is -2.13. The molecular weight excluding hydrogens is 382 g/mol. The molecule has 0 fully saturated rings. The molecule has 0 saturated carbocycles. The molecule has 0 heterocycles. The number of rotatable bonds is 10. The predicted octanol–water partition coefficient (Wildman–Crippen LogP) is 0.988. The summed E-state index contributed by atoms with van der Waals surface area (Å²) < 4.78 is 41.1. The summed E-state index contributed by atoms with van der Waals surface area (Å²) in [6.45, 7) is 4.88. The lowest BCUT2D eigenvalue weighted by atomic mass is 9.95. The molecule has 0 aromatic heterocycles. The molecule has 0 rings (SSSR count). The van der Waals surface area contributed by atoms with E-state index >= 15 is 0 Å². The Morgan fingerprint density at radius 3 is 2.04 bits per heavy atom. The maximum atomic E-state index is 12.0. The fourth-order valence-electron chi connectivity index (χ4n) is 2.13. The number of nitrogens with one attached hydrogen (secondary N) is 1. The first-order valence-corrected chi connectivity index (χ1v) is 10.1. The van der Waals surface area contributed by atoms with Gasteiger partial charge in [0.25, 0.3) is 10.1 Å². The van der Waals surface area contributed by atoms with E-state index in [2.05, 4.69) is 14.2 Å². The molecule has 1 amide bonds. The number of esters is 2. The third-order valence-electron chi connectivity index (χ3n) is 3.23. The van der Waals surface area contributed by atoms with E-state index < -0.39 is 45.7 Å². The third kappa shape index (κ3) is 12.2. The number of carbonyl (C=O) groups is 3. The van der Waals surface area contributed by atoms with Gasteiger partial charge in [-0.05, 0) is 40.0 Å². The summed E-state index contributed by atoms with van der Waals surface area (Å²) in [5, 5.41) is 2.38. The van der Waals surface area contributed by atoms with Crippen LogP contribution in [-0.2, 0) is 38.1 Å². The Bertz CT molecular complexity index is 610. The molecule has 10 nitrogen and oxygen atoms in total. The first kappa shape index (κ1) is 25.1. The number of hydrogen-bond acceptors (Lipinski definition) is 9. The highest BCUT2D eigenvalue weighted by Crippen LogP contribution is 2.18. The molecule has 158 valence electrons. The fourth-order valence-corrected chi connectivity index (χ4v) is 2.55. The lowest BCUT2D eigenvalue weighted by Crippen LogP contribution is -2.45. The quantitative estimate of drug-likeness (QED) is 0.242. The van der Waals surface area contributed by atoms with Gasteiger partial charge in [0.1, 0.15) is 11.6 Å². The number of alkyl carbamates (subject to hydrolysis) is 1. The van der Waals surface area contributed by atoms with Crippen molar-refractivity contribution in [1.29, 1.82) is 0 Å². The van der Waals surface area contributed by atoms with Gasteiger partial charge in [-0.3, -0.25) is 8.98 Å². The van der Waals surface area contributed by atoms with Crippen LogP contribution in [0.15, 0.2) is 0 Å². The van der Waals surface area contributed by atoms with E-state index in [1.807, 2.05) is 0 Å². The fraction of sp³-hybridized carbons (Fsp3) is 0.812. The summed E-state index contributed by atoms with van der Waals surface area (Å²) in [6.07, 6.45) is 0.404. The van der Waals surface area contributed by atoms with Crippen molar-refractivity contribution < 1.29 is 41.2 Å². The van der Waals surface area contributed by atoms with Crippen molar-refractivity contribution >= 4 is 28.1 Å². The normalized spacial score (nSPS) is 14.0. The number of ether oxygens (including phenoxy) is 3. The average Bonchev–Trinajstić information content (AvgIpc) is 2.52. The van der Waals surface area contributed by atoms with E-state index in [1.54, 1.807) is 20.8 Å². The van der Waals surface area contributed by atoms with Crippen molar-refractivity contribution in [2.24, 2.45) is 5.92 Å². The van der Waals surface area contributed by atoms with Gasteiger partial charge in [-0.1, -0.05) is 0 Å². The maximum Gasteiger partial charge on any atom is 0.408 e. The molecule has 0 aliphatic rings. The van der Waals surface area contributed by atoms with E-state index in [4.69, 9.17) is 9.47 Å². The Morgan fingerprint density at radius 1 is 1.04 bits per heavy atom. The molecule has 0 aliphatic heterocycles. The van der Waals surface area contributed by atoms with Crippen molar-refractivity contribution in [2.75, 3.05) is 27.1 Å². The van der Waals surface area contributed by atoms with Crippen molar-refractivity contribution in [3.8, 4) is 0 Å². The van der Waals surface area contributed by atoms with Crippen LogP contribution in [0.3, 0.4) is 0 Å². The van der Waals surface area contributed by atoms with Gasteiger partial charge in [-0.25, -0.2) is 9.59 Å². The molecular formula is C16H29NO9S. The first-order chi connectivity index (χ1) is 12.3. The smallest absolute Gasteiger partial charge is 0.408 e. The van der Waals surface area contributed by atoms with E-state index in [-0.39, 0.29) is 25.9 Å². The summed E-state index contributed by atoms with van der Waals surface area (Å²) in [5.41, 5.74) is -0.768. The van der Waals surface area contributed by atoms with E-state index in [0.29, 0.717) is 0 Å². The molecule has 0 aliphatic carbocycles. The van der Waals surface area contributed by atoms with Crippen molar-refractivity contribution in [3.63, 3.8) is 0 Å². The standard InChI is InChI=1S/C16H29NO9S/c1-16(2,3)26-15(20)17-12(14(19)24-5)10-11(13(18)23-4)8-7-9-25-27(6,21)22/h11-12H,7-10H2,1-6H3,(H,17,20)/t11-,12-/m0/s1. The Kier molecular flexibility index (Phi) is 10.3. The Balaban J connectivity index is 5.01. The van der Waals surface area contributed by atoms with E-state index in [9.17, 15) is 22.8 Å². The molecule has 11 heteroatoms. The lowest BCUT2D eigenvalue weighted by molar-refractivity contribution is -0.148. The Hall–Kier alpha value is -1.88. The highest BCUT2D eigenvalue weighted by molar-refractivity contribution is 7.85. The molecule has 27 heavy (non-hydrogen) atoms. The molecule has 0 radical (unpaired) electrons. The Morgan fingerprint density at radius 2 is 1.59 bits per heavy atom. The van der Waals surface area contributed by atoms with Gasteiger partial charge < -0.3 is 19.5 Å². The van der Waals surface area contributed by atoms with E-state index in [1.165, 1.54) is 7.11 Å². The van der Waals surface area contributed by atoms with Crippen LogP contribution in [0.1, 0.15) is 40.0 Å². The second-order valence-corrected chi connectivity index (χ2v) is 8.49. The summed E-state index contributed by atoms with van der Waals surface area (Å²) in [4.78, 5) is 35.9. The topological polar surface area (TPSA) is 134 Å². The second-order valence-electron chi connectivity index (χ2n) is 6.85. The average molecular weight is 411 g/mol. The minimum absolute atomic E-state index is 0.0997. The summed E-state index contributed by atoms with van der Waals surface area (Å²) in [6, 6.07) is -1.13. The van der Waals surface area contributed by atoms with Gasteiger partial charge >= 0.3 is 18.0 Å². The minimum Gasteiger partial charge on any atom is -0.469 e. The maximum absolute atomic E-state index is 12.0. The molecule has 0 aromatic rings. The molecule has 1 N–H and O–H groups in total. The van der Waals surface area contributed by atoms with Crippen molar-refractivity contribution in [1.82, 2.24) is 5.32 Å². The van der Waals surface area contributed by atoms with Gasteiger partial charge in [0.15, 0.2) is 0 Å². The van der Waals surface area contributed by atoms with E-state index in [0.717, 1.165) is 13.4 Å². The van der Waals surface area contributed by atoms with Gasteiger partial charge in [-0.15, -0.1) is 0 Å². The summed E-state index contributed by atoms with van der Waals surface area (Å²) in [7, 11) is -1.24. The molecule has 0 bridgehead atoms. The number of amides is 1. The first-order valence-electron chi connectivity index (χ1n) is 8.28. The largest absolute Gasteiger partial charge is 0.469 e. The zero-order valence-electron chi connectivity index (χ0n) is 16.6.